The molecule has 0 fully saturated rings. The van der Waals surface area contributed by atoms with Gasteiger partial charge in [-0.3, -0.25) is 9.36 Å². The Kier molecular flexibility index (Phi) is 5.27. The third-order valence-electron chi connectivity index (χ3n) is 4.16. The number of rotatable bonds is 6. The highest BCUT2D eigenvalue weighted by Gasteiger charge is 2.10. The lowest BCUT2D eigenvalue weighted by Crippen LogP contribution is -2.18. The first-order chi connectivity index (χ1) is 13.2. The highest BCUT2D eigenvalue weighted by molar-refractivity contribution is 7.98. The molecule has 0 aliphatic rings. The van der Waals surface area contributed by atoms with Crippen molar-refractivity contribution in [3.63, 3.8) is 0 Å². The summed E-state index contributed by atoms with van der Waals surface area (Å²) < 4.78 is 8.23. The van der Waals surface area contributed by atoms with Crippen molar-refractivity contribution < 1.29 is 4.74 Å². The molecule has 0 aliphatic carbocycles. The summed E-state index contributed by atoms with van der Waals surface area (Å²) in [5.74, 6) is 1.56. The summed E-state index contributed by atoms with van der Waals surface area (Å²) in [6.07, 6.45) is 0. The molecule has 0 amide bonds. The summed E-state index contributed by atoms with van der Waals surface area (Å²) in [7, 11) is 1.77. The topological polar surface area (TPSA) is 44.1 Å². The zero-order chi connectivity index (χ0) is 18.6. The molecule has 0 atom stereocenters. The van der Waals surface area contributed by atoms with Crippen LogP contribution in [0.25, 0.3) is 10.2 Å². The van der Waals surface area contributed by atoms with Gasteiger partial charge in [-0.1, -0.05) is 54.2 Å². The van der Waals surface area contributed by atoms with Crippen LogP contribution in [0, 0.1) is 0 Å². The quantitative estimate of drug-likeness (QED) is 0.346. The molecule has 4 rings (SSSR count). The van der Waals surface area contributed by atoms with E-state index < -0.39 is 0 Å². The highest BCUT2D eigenvalue weighted by atomic mass is 32.2. The first-order valence-electron chi connectivity index (χ1n) is 8.53. The second-order valence-corrected chi connectivity index (χ2v) is 7.96. The number of benzene rings is 2. The Morgan fingerprint density at radius 1 is 1.07 bits per heavy atom. The first-order valence-corrected chi connectivity index (χ1v) is 10.4. The third kappa shape index (κ3) is 4.07. The maximum Gasteiger partial charge on any atom is 0.271 e. The van der Waals surface area contributed by atoms with E-state index in [2.05, 4.69) is 11.1 Å². The standard InChI is InChI=1S/C21H18N2O2S2/c1-23-20(24)19-18(10-11-26-19)22-21(23)27-14-16-8-5-9-17(12-16)25-13-15-6-3-2-4-7-15/h2-12H,13-14H2,1H3. The van der Waals surface area contributed by atoms with Crippen molar-refractivity contribution in [1.29, 1.82) is 0 Å². The molecule has 0 N–H and O–H groups in total. The Morgan fingerprint density at radius 2 is 1.89 bits per heavy atom. The van der Waals surface area contributed by atoms with Gasteiger partial charge < -0.3 is 4.74 Å². The van der Waals surface area contributed by atoms with Crippen LogP contribution in [0.5, 0.6) is 5.75 Å². The number of nitrogens with zero attached hydrogens (tertiary/aromatic N) is 2. The molecule has 0 aliphatic heterocycles. The van der Waals surface area contributed by atoms with E-state index in [1.54, 1.807) is 23.4 Å². The van der Waals surface area contributed by atoms with Crippen molar-refractivity contribution in [1.82, 2.24) is 9.55 Å². The minimum Gasteiger partial charge on any atom is -0.489 e. The molecule has 6 heteroatoms. The van der Waals surface area contributed by atoms with Gasteiger partial charge in [0.1, 0.15) is 17.1 Å². The maximum atomic E-state index is 12.4. The van der Waals surface area contributed by atoms with E-state index in [4.69, 9.17) is 4.74 Å². The average Bonchev–Trinajstić information content (AvgIpc) is 3.18. The maximum absolute atomic E-state index is 12.4. The van der Waals surface area contributed by atoms with Gasteiger partial charge in [0, 0.05) is 12.8 Å². The number of aromatic nitrogens is 2. The molecule has 2 aromatic heterocycles. The number of fused-ring (bicyclic) bond motifs is 1. The zero-order valence-corrected chi connectivity index (χ0v) is 16.4. The van der Waals surface area contributed by atoms with Crippen LogP contribution in [0.4, 0.5) is 0 Å². The molecule has 0 radical (unpaired) electrons. The van der Waals surface area contributed by atoms with Crippen molar-refractivity contribution >= 4 is 33.3 Å². The van der Waals surface area contributed by atoms with E-state index in [1.807, 2.05) is 60.0 Å². The van der Waals surface area contributed by atoms with Crippen molar-refractivity contribution in [3.8, 4) is 5.75 Å². The number of hydrogen-bond acceptors (Lipinski definition) is 5. The van der Waals surface area contributed by atoms with E-state index in [-0.39, 0.29) is 5.56 Å². The monoisotopic (exact) mass is 394 g/mol. The normalized spacial score (nSPS) is 11.0. The van der Waals surface area contributed by atoms with Crippen LogP contribution in [0.2, 0.25) is 0 Å². The van der Waals surface area contributed by atoms with E-state index in [1.165, 1.54) is 11.3 Å². The summed E-state index contributed by atoms with van der Waals surface area (Å²) >= 11 is 2.99. The van der Waals surface area contributed by atoms with E-state index in [0.717, 1.165) is 33.3 Å². The zero-order valence-electron chi connectivity index (χ0n) is 14.8. The summed E-state index contributed by atoms with van der Waals surface area (Å²) in [5, 5.41) is 2.63. The van der Waals surface area contributed by atoms with Crippen LogP contribution in [0.15, 0.2) is 76.0 Å². The van der Waals surface area contributed by atoms with Gasteiger partial charge in [-0.25, -0.2) is 4.98 Å². The first kappa shape index (κ1) is 17.8. The molecule has 2 aromatic carbocycles. The Labute approximate surface area is 165 Å². The summed E-state index contributed by atoms with van der Waals surface area (Å²) in [6.45, 7) is 0.544. The molecular weight excluding hydrogens is 376 g/mol. The second kappa shape index (κ2) is 7.98. The lowest BCUT2D eigenvalue weighted by Gasteiger charge is -2.09. The molecule has 0 saturated carbocycles. The van der Waals surface area contributed by atoms with Crippen LogP contribution in [-0.4, -0.2) is 9.55 Å². The van der Waals surface area contributed by atoms with Gasteiger partial charge in [0.2, 0.25) is 0 Å². The average molecular weight is 395 g/mol. The van der Waals surface area contributed by atoms with Crippen LogP contribution in [0.3, 0.4) is 0 Å². The molecule has 0 bridgehead atoms. The lowest BCUT2D eigenvalue weighted by atomic mass is 10.2. The number of hydrogen-bond donors (Lipinski definition) is 0. The fourth-order valence-corrected chi connectivity index (χ4v) is 4.43. The van der Waals surface area contributed by atoms with E-state index >= 15 is 0 Å². The Bertz CT molecular complexity index is 1120. The lowest BCUT2D eigenvalue weighted by molar-refractivity contribution is 0.306. The minimum absolute atomic E-state index is 0.0115. The van der Waals surface area contributed by atoms with Crippen LogP contribution < -0.4 is 10.3 Å². The smallest absolute Gasteiger partial charge is 0.271 e. The largest absolute Gasteiger partial charge is 0.489 e. The van der Waals surface area contributed by atoms with Crippen molar-refractivity contribution in [2.75, 3.05) is 0 Å². The predicted molar refractivity (Wildman–Crippen MR) is 112 cm³/mol. The molecular formula is C21H18N2O2S2. The predicted octanol–water partition coefficient (Wildman–Crippen LogP) is 4.87. The third-order valence-corrected chi connectivity index (χ3v) is 6.15. The number of thiophene rings is 1. The molecule has 0 unspecified atom stereocenters. The number of thioether (sulfide) groups is 1. The van der Waals surface area contributed by atoms with Crippen LogP contribution in [0.1, 0.15) is 11.1 Å². The Hall–Kier alpha value is -2.57. The molecule has 0 spiro atoms. The molecule has 136 valence electrons. The van der Waals surface area contributed by atoms with E-state index in [9.17, 15) is 4.79 Å². The van der Waals surface area contributed by atoms with Gasteiger partial charge in [-0.05, 0) is 34.7 Å². The number of ether oxygens (including phenoxy) is 1. The van der Waals surface area contributed by atoms with Gasteiger partial charge in [0.05, 0.1) is 5.52 Å². The SMILES string of the molecule is Cn1c(SCc2cccc(OCc3ccccc3)c2)nc2ccsc2c1=O. The molecule has 4 aromatic rings. The second-order valence-electron chi connectivity index (χ2n) is 6.10. The van der Waals surface area contributed by atoms with Gasteiger partial charge in [-0.2, -0.15) is 0 Å². The van der Waals surface area contributed by atoms with Crippen LogP contribution >= 0.6 is 23.1 Å². The van der Waals surface area contributed by atoms with Crippen LogP contribution in [-0.2, 0) is 19.4 Å². The Balaban J connectivity index is 1.46. The van der Waals surface area contributed by atoms with Crippen molar-refractivity contribution in [2.24, 2.45) is 7.05 Å². The van der Waals surface area contributed by atoms with E-state index in [0.29, 0.717) is 11.3 Å². The fourth-order valence-electron chi connectivity index (χ4n) is 2.71. The molecule has 27 heavy (non-hydrogen) atoms. The minimum atomic E-state index is 0.0115. The molecule has 0 saturated heterocycles. The van der Waals surface area contributed by atoms with Crippen molar-refractivity contribution in [2.45, 2.75) is 17.5 Å². The van der Waals surface area contributed by atoms with Gasteiger partial charge >= 0.3 is 0 Å². The van der Waals surface area contributed by atoms with Gasteiger partial charge in [-0.15, -0.1) is 11.3 Å². The highest BCUT2D eigenvalue weighted by Crippen LogP contribution is 2.25. The molecule has 4 nitrogen and oxygen atoms in total. The summed E-state index contributed by atoms with van der Waals surface area (Å²) in [6, 6.07) is 20.0. The van der Waals surface area contributed by atoms with Crippen molar-refractivity contribution in [3.05, 3.63) is 87.5 Å². The molecule has 2 heterocycles. The summed E-state index contributed by atoms with van der Waals surface area (Å²) in [5.41, 5.74) is 3.05. The fraction of sp³-hybridized carbons (Fsp3) is 0.143. The van der Waals surface area contributed by atoms with Gasteiger partial charge in [0.25, 0.3) is 5.56 Å². The summed E-state index contributed by atoms with van der Waals surface area (Å²) in [4.78, 5) is 17.0. The van der Waals surface area contributed by atoms with Gasteiger partial charge in [0.15, 0.2) is 5.16 Å². The Morgan fingerprint density at radius 3 is 2.74 bits per heavy atom.